The van der Waals surface area contributed by atoms with Crippen molar-refractivity contribution >= 4 is 32.7 Å². The number of nitrogens with one attached hydrogen (secondary N) is 2. The highest BCUT2D eigenvalue weighted by Gasteiger charge is 2.11. The Kier molecular flexibility index (Phi) is 2.25. The van der Waals surface area contributed by atoms with Crippen molar-refractivity contribution in [1.29, 1.82) is 0 Å². The molecule has 14 heavy (non-hydrogen) atoms. The number of benzene rings is 1. The highest BCUT2D eigenvalue weighted by atomic mass is 79.9. The molecule has 2 aromatic rings. The highest BCUT2D eigenvalue weighted by Crippen LogP contribution is 2.20. The number of aromatic nitrogens is 2. The van der Waals surface area contributed by atoms with Crippen LogP contribution in [0.5, 0.6) is 0 Å². The van der Waals surface area contributed by atoms with Crippen LogP contribution in [0.4, 0.5) is 0 Å². The van der Waals surface area contributed by atoms with Crippen LogP contribution in [0, 0.1) is 0 Å². The third kappa shape index (κ3) is 1.39. The number of aromatic amines is 1. The number of nitrogens with zero attached hydrogens (tertiary/aromatic N) is 1. The Hall–Kier alpha value is -1.36. The van der Waals surface area contributed by atoms with Gasteiger partial charge in [0.2, 0.25) is 0 Å². The van der Waals surface area contributed by atoms with E-state index < -0.39 is 0 Å². The second-order valence-corrected chi connectivity index (χ2v) is 3.76. The topological polar surface area (TPSA) is 57.8 Å². The van der Waals surface area contributed by atoms with E-state index in [9.17, 15) is 4.79 Å². The van der Waals surface area contributed by atoms with Crippen molar-refractivity contribution in [3.8, 4) is 0 Å². The number of carbonyl (C=O) groups is 1. The molecule has 2 N–H and O–H groups in total. The van der Waals surface area contributed by atoms with Crippen molar-refractivity contribution in [2.45, 2.75) is 0 Å². The second kappa shape index (κ2) is 3.42. The molecule has 5 heteroatoms. The van der Waals surface area contributed by atoms with Gasteiger partial charge in [0, 0.05) is 16.9 Å². The quantitative estimate of drug-likeness (QED) is 0.813. The Morgan fingerprint density at radius 3 is 3.07 bits per heavy atom. The number of H-pyrrole nitrogens is 1. The molecule has 1 amide bonds. The summed E-state index contributed by atoms with van der Waals surface area (Å²) >= 11 is 3.35. The normalized spacial score (nSPS) is 10.4. The van der Waals surface area contributed by atoms with Crippen LogP contribution in [0.1, 0.15) is 10.5 Å². The molecule has 72 valence electrons. The van der Waals surface area contributed by atoms with Gasteiger partial charge in [-0.05, 0) is 18.2 Å². The number of amides is 1. The molecular weight excluding hydrogens is 246 g/mol. The summed E-state index contributed by atoms with van der Waals surface area (Å²) in [5.41, 5.74) is 1.27. The predicted octanol–water partition coefficient (Wildman–Crippen LogP) is 1.68. The average molecular weight is 254 g/mol. The van der Waals surface area contributed by atoms with Crippen LogP contribution in [0.25, 0.3) is 10.9 Å². The number of fused-ring (bicyclic) bond motifs is 1. The van der Waals surface area contributed by atoms with Crippen LogP contribution >= 0.6 is 15.9 Å². The van der Waals surface area contributed by atoms with Crippen molar-refractivity contribution in [1.82, 2.24) is 15.5 Å². The smallest absolute Gasteiger partial charge is 0.272 e. The lowest BCUT2D eigenvalue weighted by molar-refractivity contribution is 0.0959. The fourth-order valence-electron chi connectivity index (χ4n) is 1.28. The van der Waals surface area contributed by atoms with Crippen LogP contribution in [0.2, 0.25) is 0 Å². The van der Waals surface area contributed by atoms with Gasteiger partial charge in [0.05, 0.1) is 5.52 Å². The fourth-order valence-corrected chi connectivity index (χ4v) is 1.64. The van der Waals surface area contributed by atoms with Gasteiger partial charge in [-0.1, -0.05) is 15.9 Å². The van der Waals surface area contributed by atoms with Gasteiger partial charge in [-0.15, -0.1) is 0 Å². The van der Waals surface area contributed by atoms with Crippen LogP contribution in [-0.2, 0) is 0 Å². The van der Waals surface area contributed by atoms with Gasteiger partial charge in [0.15, 0.2) is 5.69 Å². The maximum atomic E-state index is 11.4. The molecule has 1 heterocycles. The number of halogens is 1. The Balaban J connectivity index is 2.64. The maximum Gasteiger partial charge on any atom is 0.272 e. The zero-order valence-electron chi connectivity index (χ0n) is 7.47. The molecule has 0 unspecified atom stereocenters. The predicted molar refractivity (Wildman–Crippen MR) is 57.2 cm³/mol. The maximum absolute atomic E-state index is 11.4. The standard InChI is InChI=1S/C9H8BrN3O/c1-11-9(14)8-6-3-2-5(10)4-7(6)12-13-8/h2-4H,1H3,(H,11,14)(H,12,13). The van der Waals surface area contributed by atoms with E-state index in [1.165, 1.54) is 0 Å². The summed E-state index contributed by atoms with van der Waals surface area (Å²) in [6.07, 6.45) is 0. The minimum Gasteiger partial charge on any atom is -0.354 e. The first kappa shape index (κ1) is 9.21. The van der Waals surface area contributed by atoms with Gasteiger partial charge < -0.3 is 5.32 Å². The molecule has 0 bridgehead atoms. The highest BCUT2D eigenvalue weighted by molar-refractivity contribution is 9.10. The lowest BCUT2D eigenvalue weighted by Gasteiger charge is -1.94. The van der Waals surface area contributed by atoms with Crippen molar-refractivity contribution in [2.24, 2.45) is 0 Å². The van der Waals surface area contributed by atoms with Gasteiger partial charge in [-0.3, -0.25) is 9.89 Å². The van der Waals surface area contributed by atoms with E-state index in [1.807, 2.05) is 18.2 Å². The Bertz CT molecular complexity index is 492. The van der Waals surface area contributed by atoms with Crippen molar-refractivity contribution in [2.75, 3.05) is 7.05 Å². The Morgan fingerprint density at radius 2 is 2.36 bits per heavy atom. The molecule has 0 aliphatic rings. The van der Waals surface area contributed by atoms with Crippen LogP contribution in [-0.4, -0.2) is 23.2 Å². The molecule has 0 spiro atoms. The first-order valence-corrected chi connectivity index (χ1v) is 4.87. The van der Waals surface area contributed by atoms with Gasteiger partial charge >= 0.3 is 0 Å². The summed E-state index contributed by atoms with van der Waals surface area (Å²) in [5, 5.41) is 10.1. The first-order chi connectivity index (χ1) is 6.72. The summed E-state index contributed by atoms with van der Waals surface area (Å²) in [6.45, 7) is 0. The zero-order valence-corrected chi connectivity index (χ0v) is 9.05. The lowest BCUT2D eigenvalue weighted by Crippen LogP contribution is -2.18. The monoisotopic (exact) mass is 253 g/mol. The molecule has 1 aromatic carbocycles. The SMILES string of the molecule is CNC(=O)c1n[nH]c2cc(Br)ccc12. The molecule has 2 rings (SSSR count). The summed E-state index contributed by atoms with van der Waals surface area (Å²) in [6, 6.07) is 5.62. The number of hydrogen-bond acceptors (Lipinski definition) is 2. The Morgan fingerprint density at radius 1 is 1.57 bits per heavy atom. The summed E-state index contributed by atoms with van der Waals surface area (Å²) in [4.78, 5) is 11.4. The third-order valence-corrected chi connectivity index (χ3v) is 2.46. The molecule has 1 aromatic heterocycles. The van der Waals surface area contributed by atoms with E-state index in [4.69, 9.17) is 0 Å². The molecule has 0 aliphatic carbocycles. The molecule has 0 fully saturated rings. The third-order valence-electron chi connectivity index (χ3n) is 1.97. The van der Waals surface area contributed by atoms with E-state index in [0.717, 1.165) is 15.4 Å². The molecule has 0 saturated heterocycles. The second-order valence-electron chi connectivity index (χ2n) is 2.84. The van der Waals surface area contributed by atoms with Crippen molar-refractivity contribution in [3.63, 3.8) is 0 Å². The van der Waals surface area contributed by atoms with Gasteiger partial charge in [0.25, 0.3) is 5.91 Å². The van der Waals surface area contributed by atoms with Crippen molar-refractivity contribution in [3.05, 3.63) is 28.4 Å². The molecule has 0 saturated carbocycles. The summed E-state index contributed by atoms with van der Waals surface area (Å²) in [7, 11) is 1.59. The molecule has 0 atom stereocenters. The average Bonchev–Trinajstić information content (AvgIpc) is 2.59. The minimum absolute atomic E-state index is 0.182. The zero-order chi connectivity index (χ0) is 10.1. The van der Waals surface area contributed by atoms with E-state index in [-0.39, 0.29) is 5.91 Å². The van der Waals surface area contributed by atoms with Crippen LogP contribution < -0.4 is 5.32 Å². The first-order valence-electron chi connectivity index (χ1n) is 4.08. The number of hydrogen-bond donors (Lipinski definition) is 2. The van der Waals surface area contributed by atoms with Gasteiger partial charge in [-0.25, -0.2) is 0 Å². The van der Waals surface area contributed by atoms with E-state index >= 15 is 0 Å². The Labute approximate surface area is 88.8 Å². The van der Waals surface area contributed by atoms with Crippen molar-refractivity contribution < 1.29 is 4.79 Å². The summed E-state index contributed by atoms with van der Waals surface area (Å²) in [5.74, 6) is -0.182. The molecule has 0 radical (unpaired) electrons. The fraction of sp³-hybridized carbons (Fsp3) is 0.111. The molecular formula is C9H8BrN3O. The van der Waals surface area contributed by atoms with E-state index in [1.54, 1.807) is 7.05 Å². The largest absolute Gasteiger partial charge is 0.354 e. The minimum atomic E-state index is -0.182. The van der Waals surface area contributed by atoms with Crippen LogP contribution in [0.3, 0.4) is 0 Å². The van der Waals surface area contributed by atoms with Crippen LogP contribution in [0.15, 0.2) is 22.7 Å². The number of carbonyl (C=O) groups excluding carboxylic acids is 1. The molecule has 0 aliphatic heterocycles. The van der Waals surface area contributed by atoms with Gasteiger partial charge in [-0.2, -0.15) is 5.10 Å². The van der Waals surface area contributed by atoms with E-state index in [0.29, 0.717) is 5.69 Å². The van der Waals surface area contributed by atoms with Gasteiger partial charge in [0.1, 0.15) is 0 Å². The summed E-state index contributed by atoms with van der Waals surface area (Å²) < 4.78 is 0.956. The molecule has 4 nitrogen and oxygen atoms in total. The lowest BCUT2D eigenvalue weighted by atomic mass is 10.2. The number of rotatable bonds is 1. The van der Waals surface area contributed by atoms with E-state index in [2.05, 4.69) is 31.4 Å².